The number of esters is 1. The molecule has 0 atom stereocenters. The van der Waals surface area contributed by atoms with Gasteiger partial charge in [-0.3, -0.25) is 4.79 Å². The Bertz CT molecular complexity index is 1490. The number of carbonyl (C=O) groups excluding carboxylic acids is 2. The van der Waals surface area contributed by atoms with Crippen LogP contribution in [0.4, 0.5) is 5.69 Å². The van der Waals surface area contributed by atoms with Crippen molar-refractivity contribution >= 4 is 49.9 Å². The Kier molecular flexibility index (Phi) is 7.23. The molecular formula is C26H23ClN2O5S. The average molecular weight is 511 g/mol. The van der Waals surface area contributed by atoms with Gasteiger partial charge in [-0.25, -0.2) is 13.2 Å². The van der Waals surface area contributed by atoms with Crippen molar-refractivity contribution < 1.29 is 22.7 Å². The van der Waals surface area contributed by atoms with E-state index in [1.165, 1.54) is 6.20 Å². The first-order valence-corrected chi connectivity index (χ1v) is 12.9. The van der Waals surface area contributed by atoms with Crippen LogP contribution in [0.15, 0.2) is 83.9 Å². The van der Waals surface area contributed by atoms with Gasteiger partial charge in [0.2, 0.25) is 5.91 Å². The first-order valence-electron chi connectivity index (χ1n) is 10.9. The predicted octanol–water partition coefficient (Wildman–Crippen LogP) is 5.08. The molecule has 0 aliphatic rings. The number of aromatic nitrogens is 1. The number of hydrogen-bond acceptors (Lipinski definition) is 5. The van der Waals surface area contributed by atoms with Gasteiger partial charge in [-0.1, -0.05) is 48.0 Å². The number of nitrogens with one attached hydrogen (secondary N) is 1. The summed E-state index contributed by atoms with van der Waals surface area (Å²) in [6.07, 6.45) is 1.49. The number of amides is 1. The minimum atomic E-state index is -3.73. The summed E-state index contributed by atoms with van der Waals surface area (Å²) in [5, 5.41) is 3.69. The number of benzene rings is 3. The Hall–Kier alpha value is -3.62. The molecular weight excluding hydrogens is 488 g/mol. The lowest BCUT2D eigenvalue weighted by Crippen LogP contribution is -2.18. The molecule has 0 saturated heterocycles. The number of sulfone groups is 1. The second-order valence-corrected chi connectivity index (χ2v) is 10.2. The predicted molar refractivity (Wildman–Crippen MR) is 135 cm³/mol. The molecule has 1 heterocycles. The molecule has 3 aromatic carbocycles. The zero-order valence-electron chi connectivity index (χ0n) is 18.9. The Balaban J connectivity index is 1.56. The van der Waals surface area contributed by atoms with E-state index in [0.29, 0.717) is 32.7 Å². The van der Waals surface area contributed by atoms with Gasteiger partial charge in [0.1, 0.15) is 6.54 Å². The number of anilines is 1. The molecule has 0 unspecified atom stereocenters. The van der Waals surface area contributed by atoms with Gasteiger partial charge in [0.25, 0.3) is 0 Å². The van der Waals surface area contributed by atoms with Crippen molar-refractivity contribution in [1.82, 2.24) is 4.57 Å². The zero-order chi connectivity index (χ0) is 25.0. The fourth-order valence-corrected chi connectivity index (χ4v) is 5.64. The highest BCUT2D eigenvalue weighted by Crippen LogP contribution is 2.29. The van der Waals surface area contributed by atoms with Gasteiger partial charge >= 0.3 is 5.97 Å². The maximum atomic E-state index is 13.3. The molecule has 0 fully saturated rings. The third-order valence-electron chi connectivity index (χ3n) is 5.38. The second-order valence-electron chi connectivity index (χ2n) is 7.83. The van der Waals surface area contributed by atoms with Gasteiger partial charge in [-0.15, -0.1) is 0 Å². The number of ether oxygens (including phenoxy) is 1. The van der Waals surface area contributed by atoms with Crippen molar-refractivity contribution in [2.75, 3.05) is 11.9 Å². The van der Waals surface area contributed by atoms with E-state index in [2.05, 4.69) is 5.32 Å². The minimum absolute atomic E-state index is 0.0955. The van der Waals surface area contributed by atoms with E-state index in [-0.39, 0.29) is 29.7 Å². The van der Waals surface area contributed by atoms with E-state index >= 15 is 0 Å². The molecule has 4 aromatic rings. The van der Waals surface area contributed by atoms with Crippen LogP contribution in [0.1, 0.15) is 22.8 Å². The van der Waals surface area contributed by atoms with Gasteiger partial charge in [0, 0.05) is 27.8 Å². The molecule has 0 radical (unpaired) electrons. The molecule has 7 nitrogen and oxygen atoms in total. The third kappa shape index (κ3) is 5.55. The largest absolute Gasteiger partial charge is 0.462 e. The maximum Gasteiger partial charge on any atom is 0.338 e. The van der Waals surface area contributed by atoms with Crippen LogP contribution < -0.4 is 5.32 Å². The van der Waals surface area contributed by atoms with Crippen LogP contribution in [0.5, 0.6) is 0 Å². The molecule has 180 valence electrons. The SMILES string of the molecule is CCOC(=O)c1ccc(NC(=O)Cn2cc(S(=O)(=O)Cc3ccccc3Cl)c3ccccc32)cc1. The molecule has 0 aliphatic heterocycles. The van der Waals surface area contributed by atoms with E-state index in [9.17, 15) is 18.0 Å². The standard InChI is InChI=1S/C26H23ClN2O5S/c1-2-34-26(31)18-11-13-20(14-12-18)28-25(30)16-29-15-24(21-8-4-6-10-23(21)29)35(32,33)17-19-7-3-5-9-22(19)27/h3-15H,2,16-17H2,1H3,(H,28,30). The maximum absolute atomic E-state index is 13.3. The normalized spacial score (nSPS) is 11.4. The Labute approximate surface area is 208 Å². The Morgan fingerprint density at radius 2 is 1.66 bits per heavy atom. The summed E-state index contributed by atoms with van der Waals surface area (Å²) in [6, 6.07) is 20.2. The molecule has 35 heavy (non-hydrogen) atoms. The minimum Gasteiger partial charge on any atom is -0.462 e. The summed E-state index contributed by atoms with van der Waals surface area (Å²) >= 11 is 6.18. The fourth-order valence-electron chi connectivity index (χ4n) is 3.75. The molecule has 0 bridgehead atoms. The summed E-state index contributed by atoms with van der Waals surface area (Å²) in [4.78, 5) is 24.7. The van der Waals surface area contributed by atoms with Gasteiger partial charge in [0.15, 0.2) is 9.84 Å². The molecule has 1 amide bonds. The van der Waals surface area contributed by atoms with Crippen molar-refractivity contribution in [3.8, 4) is 0 Å². The highest BCUT2D eigenvalue weighted by Gasteiger charge is 2.23. The summed E-state index contributed by atoms with van der Waals surface area (Å²) in [6.45, 7) is 1.91. The number of para-hydroxylation sites is 1. The van der Waals surface area contributed by atoms with Gasteiger partial charge in [-0.05, 0) is 48.9 Å². The second kappa shape index (κ2) is 10.3. The van der Waals surface area contributed by atoms with Crippen molar-refractivity contribution in [2.45, 2.75) is 24.1 Å². The highest BCUT2D eigenvalue weighted by molar-refractivity contribution is 7.90. The first kappa shape index (κ1) is 24.5. The highest BCUT2D eigenvalue weighted by atomic mass is 35.5. The van der Waals surface area contributed by atoms with Crippen LogP contribution in [-0.4, -0.2) is 31.5 Å². The topological polar surface area (TPSA) is 94.5 Å². The molecule has 9 heteroatoms. The molecule has 4 rings (SSSR count). The van der Waals surface area contributed by atoms with Gasteiger partial charge in [0.05, 0.1) is 22.8 Å². The average Bonchev–Trinajstić information content (AvgIpc) is 3.20. The molecule has 1 aromatic heterocycles. The molecule has 1 N–H and O–H groups in total. The van der Waals surface area contributed by atoms with Crippen molar-refractivity contribution in [2.24, 2.45) is 0 Å². The van der Waals surface area contributed by atoms with E-state index in [0.717, 1.165) is 0 Å². The Morgan fingerprint density at radius 1 is 0.971 bits per heavy atom. The van der Waals surface area contributed by atoms with Crippen molar-refractivity contribution in [1.29, 1.82) is 0 Å². The van der Waals surface area contributed by atoms with Crippen LogP contribution >= 0.6 is 11.6 Å². The number of halogens is 1. The van der Waals surface area contributed by atoms with Crippen LogP contribution in [0.3, 0.4) is 0 Å². The molecule has 0 aliphatic carbocycles. The lowest BCUT2D eigenvalue weighted by molar-refractivity contribution is -0.116. The lowest BCUT2D eigenvalue weighted by Gasteiger charge is -2.08. The zero-order valence-corrected chi connectivity index (χ0v) is 20.5. The van der Waals surface area contributed by atoms with E-state index in [4.69, 9.17) is 16.3 Å². The summed E-state index contributed by atoms with van der Waals surface area (Å²) < 4.78 is 33.1. The van der Waals surface area contributed by atoms with E-state index < -0.39 is 15.8 Å². The summed E-state index contributed by atoms with van der Waals surface area (Å²) in [5.41, 5.74) is 2.02. The van der Waals surface area contributed by atoms with E-state index in [1.807, 2.05) is 0 Å². The number of rotatable bonds is 8. The molecule has 0 saturated carbocycles. The van der Waals surface area contributed by atoms with Gasteiger partial charge in [-0.2, -0.15) is 0 Å². The van der Waals surface area contributed by atoms with Crippen molar-refractivity contribution in [3.63, 3.8) is 0 Å². The van der Waals surface area contributed by atoms with Crippen LogP contribution in [0.25, 0.3) is 10.9 Å². The first-order chi connectivity index (χ1) is 16.8. The monoisotopic (exact) mass is 510 g/mol. The van der Waals surface area contributed by atoms with Crippen molar-refractivity contribution in [3.05, 3.63) is 95.1 Å². The molecule has 0 spiro atoms. The van der Waals surface area contributed by atoms with E-state index in [1.54, 1.807) is 84.3 Å². The van der Waals surface area contributed by atoms with Gasteiger partial charge < -0.3 is 14.6 Å². The quantitative estimate of drug-likeness (QED) is 0.333. The van der Waals surface area contributed by atoms with Crippen LogP contribution in [0.2, 0.25) is 5.02 Å². The summed E-state index contributed by atoms with van der Waals surface area (Å²) in [5.74, 6) is -1.03. The number of hydrogen-bond donors (Lipinski definition) is 1. The van der Waals surface area contributed by atoms with Crippen LogP contribution in [0, 0.1) is 0 Å². The third-order valence-corrected chi connectivity index (χ3v) is 7.44. The van der Waals surface area contributed by atoms with Crippen LogP contribution in [-0.2, 0) is 31.7 Å². The number of fused-ring (bicyclic) bond motifs is 1. The number of carbonyl (C=O) groups is 2. The smallest absolute Gasteiger partial charge is 0.338 e. The summed E-state index contributed by atoms with van der Waals surface area (Å²) in [7, 11) is -3.73. The number of nitrogens with zero attached hydrogens (tertiary/aromatic N) is 1. The lowest BCUT2D eigenvalue weighted by atomic mass is 10.2. The Morgan fingerprint density at radius 3 is 2.37 bits per heavy atom. The fraction of sp³-hybridized carbons (Fsp3) is 0.154.